The number of aryl methyl sites for hydroxylation is 1. The normalized spacial score (nSPS) is 11.2. The summed E-state index contributed by atoms with van der Waals surface area (Å²) in [6, 6.07) is 13.9. The molecule has 0 saturated carbocycles. The van der Waals surface area contributed by atoms with Gasteiger partial charge in [0.25, 0.3) is 0 Å². The molecular weight excluding hydrogens is 302 g/mol. The maximum Gasteiger partial charge on any atom is 0.352 e. The second kappa shape index (κ2) is 6.16. The van der Waals surface area contributed by atoms with Crippen molar-refractivity contribution < 1.29 is 14.7 Å². The van der Waals surface area contributed by atoms with Crippen molar-refractivity contribution in [1.82, 2.24) is 4.98 Å². The number of aromatic carboxylic acids is 1. The summed E-state index contributed by atoms with van der Waals surface area (Å²) < 4.78 is 0. The van der Waals surface area contributed by atoms with Crippen LogP contribution < -0.4 is 0 Å². The first-order valence-electron chi connectivity index (χ1n) is 7.61. The Bertz CT molecular complexity index is 974. The van der Waals surface area contributed by atoms with Gasteiger partial charge in [0.1, 0.15) is 5.69 Å². The van der Waals surface area contributed by atoms with E-state index in [1.165, 1.54) is 6.08 Å². The SMILES string of the molecule is Cc1[nH]c(C(=O)O)c(C)c1C(=O)/C=C/c1cccc2ccccc12. The Balaban J connectivity index is 1.98. The van der Waals surface area contributed by atoms with Gasteiger partial charge in [0.05, 0.1) is 0 Å². The largest absolute Gasteiger partial charge is 0.477 e. The molecule has 1 aromatic heterocycles. The first kappa shape index (κ1) is 15.7. The van der Waals surface area contributed by atoms with Crippen LogP contribution >= 0.6 is 0 Å². The van der Waals surface area contributed by atoms with Gasteiger partial charge in [-0.2, -0.15) is 0 Å². The zero-order valence-corrected chi connectivity index (χ0v) is 13.5. The molecule has 2 aromatic carbocycles. The predicted octanol–water partition coefficient (Wildman–Crippen LogP) is 4.38. The summed E-state index contributed by atoms with van der Waals surface area (Å²) in [5, 5.41) is 11.3. The molecule has 0 spiro atoms. The van der Waals surface area contributed by atoms with Crippen LogP contribution in [0.1, 0.15) is 37.7 Å². The molecular formula is C20H17NO3. The minimum Gasteiger partial charge on any atom is -0.477 e. The van der Waals surface area contributed by atoms with Gasteiger partial charge in [-0.25, -0.2) is 4.79 Å². The molecule has 3 rings (SSSR count). The number of carboxylic acid groups (broad SMARTS) is 1. The summed E-state index contributed by atoms with van der Waals surface area (Å²) in [7, 11) is 0. The fraction of sp³-hybridized carbons (Fsp3) is 0.100. The number of hydrogen-bond donors (Lipinski definition) is 2. The molecule has 0 saturated heterocycles. The van der Waals surface area contributed by atoms with E-state index in [1.54, 1.807) is 19.9 Å². The number of aromatic nitrogens is 1. The summed E-state index contributed by atoms with van der Waals surface area (Å²) in [5.74, 6) is -1.27. The Kier molecular flexibility index (Phi) is 4.04. The topological polar surface area (TPSA) is 70.2 Å². The van der Waals surface area contributed by atoms with Crippen molar-refractivity contribution in [3.63, 3.8) is 0 Å². The zero-order chi connectivity index (χ0) is 17.3. The molecule has 1 heterocycles. The third-order valence-electron chi connectivity index (χ3n) is 4.14. The fourth-order valence-corrected chi connectivity index (χ4v) is 2.98. The van der Waals surface area contributed by atoms with Crippen LogP contribution in [0.15, 0.2) is 48.5 Å². The number of nitrogens with one attached hydrogen (secondary N) is 1. The van der Waals surface area contributed by atoms with E-state index in [-0.39, 0.29) is 11.5 Å². The monoisotopic (exact) mass is 319 g/mol. The molecule has 0 fully saturated rings. The average Bonchev–Trinajstić information content (AvgIpc) is 2.87. The van der Waals surface area contributed by atoms with Crippen molar-refractivity contribution in [3.05, 3.63) is 76.6 Å². The van der Waals surface area contributed by atoms with E-state index < -0.39 is 5.97 Å². The quantitative estimate of drug-likeness (QED) is 0.554. The van der Waals surface area contributed by atoms with E-state index in [9.17, 15) is 9.59 Å². The summed E-state index contributed by atoms with van der Waals surface area (Å²) in [5.41, 5.74) is 2.47. The van der Waals surface area contributed by atoms with E-state index in [4.69, 9.17) is 5.11 Å². The van der Waals surface area contributed by atoms with Crippen LogP contribution in [0, 0.1) is 13.8 Å². The molecule has 0 aliphatic heterocycles. The van der Waals surface area contributed by atoms with Gasteiger partial charge in [-0.3, -0.25) is 4.79 Å². The highest BCUT2D eigenvalue weighted by atomic mass is 16.4. The fourth-order valence-electron chi connectivity index (χ4n) is 2.98. The van der Waals surface area contributed by atoms with Crippen molar-refractivity contribution >= 4 is 28.6 Å². The van der Waals surface area contributed by atoms with Crippen LogP contribution in [0.3, 0.4) is 0 Å². The Morgan fingerprint density at radius 2 is 1.75 bits per heavy atom. The number of carbonyl (C=O) groups excluding carboxylic acids is 1. The van der Waals surface area contributed by atoms with Gasteiger partial charge in [0.15, 0.2) is 5.78 Å². The zero-order valence-electron chi connectivity index (χ0n) is 13.5. The Labute approximate surface area is 139 Å². The van der Waals surface area contributed by atoms with Crippen LogP contribution in [0.2, 0.25) is 0 Å². The number of aromatic amines is 1. The van der Waals surface area contributed by atoms with Crippen LogP contribution in [0.4, 0.5) is 0 Å². The van der Waals surface area contributed by atoms with Crippen molar-refractivity contribution in [1.29, 1.82) is 0 Å². The molecule has 120 valence electrons. The Morgan fingerprint density at radius 3 is 2.46 bits per heavy atom. The van der Waals surface area contributed by atoms with Gasteiger partial charge in [-0.1, -0.05) is 48.5 Å². The predicted molar refractivity (Wildman–Crippen MR) is 94.5 cm³/mol. The number of ketones is 1. The van der Waals surface area contributed by atoms with Crippen molar-refractivity contribution in [3.8, 4) is 0 Å². The van der Waals surface area contributed by atoms with Gasteiger partial charge >= 0.3 is 5.97 Å². The van der Waals surface area contributed by atoms with Crippen LogP contribution in [0.25, 0.3) is 16.8 Å². The number of H-pyrrole nitrogens is 1. The third kappa shape index (κ3) is 2.74. The average molecular weight is 319 g/mol. The van der Waals surface area contributed by atoms with E-state index >= 15 is 0 Å². The minimum absolute atomic E-state index is 0.0643. The first-order valence-corrected chi connectivity index (χ1v) is 7.61. The summed E-state index contributed by atoms with van der Waals surface area (Å²) in [4.78, 5) is 26.5. The number of rotatable bonds is 4. The third-order valence-corrected chi connectivity index (χ3v) is 4.14. The molecule has 0 aliphatic rings. The van der Waals surface area contributed by atoms with E-state index in [0.717, 1.165) is 16.3 Å². The number of hydrogen-bond acceptors (Lipinski definition) is 2. The smallest absolute Gasteiger partial charge is 0.352 e. The number of fused-ring (bicyclic) bond motifs is 1. The van der Waals surface area contributed by atoms with Gasteiger partial charge in [0.2, 0.25) is 0 Å². The van der Waals surface area contributed by atoms with E-state index in [1.807, 2.05) is 42.5 Å². The first-order chi connectivity index (χ1) is 11.5. The molecule has 0 aliphatic carbocycles. The van der Waals surface area contributed by atoms with Crippen molar-refractivity contribution in [2.75, 3.05) is 0 Å². The molecule has 2 N–H and O–H groups in total. The molecule has 0 unspecified atom stereocenters. The molecule has 3 aromatic rings. The van der Waals surface area contributed by atoms with Crippen molar-refractivity contribution in [2.24, 2.45) is 0 Å². The lowest BCUT2D eigenvalue weighted by atomic mass is 10.0. The molecule has 24 heavy (non-hydrogen) atoms. The van der Waals surface area contributed by atoms with Gasteiger partial charge < -0.3 is 10.1 Å². The van der Waals surface area contributed by atoms with Crippen molar-refractivity contribution in [2.45, 2.75) is 13.8 Å². The summed E-state index contributed by atoms with van der Waals surface area (Å²) in [6.07, 6.45) is 3.27. The Hall–Kier alpha value is -3.14. The number of carbonyl (C=O) groups is 2. The van der Waals surface area contributed by atoms with Crippen LogP contribution in [0.5, 0.6) is 0 Å². The van der Waals surface area contributed by atoms with Gasteiger partial charge in [-0.05, 0) is 41.8 Å². The van der Waals surface area contributed by atoms with Gasteiger partial charge in [0, 0.05) is 11.3 Å². The Morgan fingerprint density at radius 1 is 1.04 bits per heavy atom. The number of benzene rings is 2. The lowest BCUT2D eigenvalue weighted by molar-refractivity contribution is 0.0690. The highest BCUT2D eigenvalue weighted by Gasteiger charge is 2.19. The van der Waals surface area contributed by atoms with Gasteiger partial charge in [-0.15, -0.1) is 0 Å². The molecule has 0 bridgehead atoms. The standard InChI is InChI=1S/C20H17NO3/c1-12-18(13(2)21-19(12)20(23)24)17(22)11-10-15-8-5-7-14-6-3-4-9-16(14)15/h3-11,21H,1-2H3,(H,23,24)/b11-10+. The lowest BCUT2D eigenvalue weighted by Gasteiger charge is -2.02. The second-order valence-electron chi connectivity index (χ2n) is 5.70. The summed E-state index contributed by atoms with van der Waals surface area (Å²) >= 11 is 0. The molecule has 4 heteroatoms. The second-order valence-corrected chi connectivity index (χ2v) is 5.70. The highest BCUT2D eigenvalue weighted by molar-refractivity contribution is 6.11. The molecule has 4 nitrogen and oxygen atoms in total. The van der Waals surface area contributed by atoms with Crippen LogP contribution in [-0.4, -0.2) is 21.8 Å². The minimum atomic E-state index is -1.06. The number of allylic oxidation sites excluding steroid dienone is 1. The molecule has 0 atom stereocenters. The van der Waals surface area contributed by atoms with Crippen LogP contribution in [-0.2, 0) is 0 Å². The van der Waals surface area contributed by atoms with E-state index in [0.29, 0.717) is 16.8 Å². The number of carboxylic acids is 1. The molecule has 0 radical (unpaired) electrons. The molecule has 0 amide bonds. The summed E-state index contributed by atoms with van der Waals surface area (Å²) in [6.45, 7) is 3.35. The maximum atomic E-state index is 12.5. The highest BCUT2D eigenvalue weighted by Crippen LogP contribution is 2.22. The maximum absolute atomic E-state index is 12.5. The van der Waals surface area contributed by atoms with E-state index in [2.05, 4.69) is 4.98 Å². The lowest BCUT2D eigenvalue weighted by Crippen LogP contribution is -2.01.